The normalized spacial score (nSPS) is 14.8. The molecular formula is C23H24F2N4O2. The minimum atomic E-state index is -2.73. The van der Waals surface area contributed by atoms with E-state index in [9.17, 15) is 13.6 Å². The number of aromatic nitrogens is 2. The lowest BCUT2D eigenvalue weighted by molar-refractivity contribution is -0.125. The fraction of sp³-hybridized carbons (Fsp3) is 0.348. The number of benzene rings is 2. The molecule has 0 atom stereocenters. The summed E-state index contributed by atoms with van der Waals surface area (Å²) < 4.78 is 31.7. The number of amides is 1. The molecular weight excluding hydrogens is 402 g/mol. The Balaban J connectivity index is 1.39. The number of hydrogen-bond acceptors (Lipinski definition) is 5. The van der Waals surface area contributed by atoms with Gasteiger partial charge in [-0.2, -0.15) is 0 Å². The number of nitrogens with one attached hydrogen (secondary N) is 1. The minimum absolute atomic E-state index is 0.0104. The first-order valence-corrected chi connectivity index (χ1v) is 10.3. The zero-order valence-electron chi connectivity index (χ0n) is 17.2. The molecule has 8 heteroatoms. The number of methoxy groups -OCH3 is 1. The third-order valence-corrected chi connectivity index (χ3v) is 5.59. The van der Waals surface area contributed by atoms with E-state index < -0.39 is 12.2 Å². The van der Waals surface area contributed by atoms with Gasteiger partial charge in [0.25, 0.3) is 6.43 Å². The predicted molar refractivity (Wildman–Crippen MR) is 114 cm³/mol. The average molecular weight is 426 g/mol. The maximum Gasteiger partial charge on any atom is 0.297 e. The minimum Gasteiger partial charge on any atom is -0.497 e. The Morgan fingerprint density at radius 2 is 1.84 bits per heavy atom. The molecule has 3 aromatic rings. The maximum absolute atomic E-state index is 13.3. The molecule has 2 heterocycles. The van der Waals surface area contributed by atoms with Crippen molar-refractivity contribution in [3.8, 4) is 5.75 Å². The van der Waals surface area contributed by atoms with E-state index in [1.807, 2.05) is 41.3 Å². The van der Waals surface area contributed by atoms with E-state index in [4.69, 9.17) is 4.74 Å². The van der Waals surface area contributed by atoms with Crippen molar-refractivity contribution in [1.29, 1.82) is 0 Å². The van der Waals surface area contributed by atoms with Crippen molar-refractivity contribution >= 4 is 22.6 Å². The van der Waals surface area contributed by atoms with E-state index in [2.05, 4.69) is 15.3 Å². The van der Waals surface area contributed by atoms with E-state index in [0.29, 0.717) is 43.8 Å². The van der Waals surface area contributed by atoms with Crippen molar-refractivity contribution in [3.63, 3.8) is 0 Å². The lowest BCUT2D eigenvalue weighted by Gasteiger charge is -2.33. The van der Waals surface area contributed by atoms with Crippen LogP contribution in [0.3, 0.4) is 0 Å². The van der Waals surface area contributed by atoms with Crippen LogP contribution >= 0.6 is 0 Å². The Labute approximate surface area is 179 Å². The Kier molecular flexibility index (Phi) is 6.25. The number of para-hydroxylation sites is 1. The van der Waals surface area contributed by atoms with Gasteiger partial charge in [-0.15, -0.1) is 0 Å². The van der Waals surface area contributed by atoms with Crippen LogP contribution in [0.25, 0.3) is 10.9 Å². The highest BCUT2D eigenvalue weighted by molar-refractivity contribution is 5.89. The molecule has 1 aliphatic heterocycles. The van der Waals surface area contributed by atoms with Crippen LogP contribution in [0, 0.1) is 5.92 Å². The highest BCUT2D eigenvalue weighted by atomic mass is 19.3. The zero-order chi connectivity index (χ0) is 21.8. The Morgan fingerprint density at radius 3 is 2.52 bits per heavy atom. The molecule has 1 amide bonds. The largest absolute Gasteiger partial charge is 0.497 e. The van der Waals surface area contributed by atoms with Crippen molar-refractivity contribution < 1.29 is 18.3 Å². The van der Waals surface area contributed by atoms with Crippen LogP contribution in [0.1, 0.15) is 30.7 Å². The van der Waals surface area contributed by atoms with Gasteiger partial charge in [-0.1, -0.05) is 24.3 Å². The van der Waals surface area contributed by atoms with Crippen LogP contribution in [0.2, 0.25) is 0 Å². The first-order valence-electron chi connectivity index (χ1n) is 10.3. The summed E-state index contributed by atoms with van der Waals surface area (Å²) in [5.74, 6) is 0.717. The van der Waals surface area contributed by atoms with E-state index in [-0.39, 0.29) is 11.8 Å². The van der Waals surface area contributed by atoms with Crippen molar-refractivity contribution in [2.75, 3.05) is 25.1 Å². The van der Waals surface area contributed by atoms with Crippen LogP contribution in [0.4, 0.5) is 14.6 Å². The fourth-order valence-electron chi connectivity index (χ4n) is 3.85. The van der Waals surface area contributed by atoms with Crippen molar-refractivity contribution in [2.45, 2.75) is 25.8 Å². The molecule has 1 N–H and O–H groups in total. The van der Waals surface area contributed by atoms with Crippen LogP contribution in [0.5, 0.6) is 5.75 Å². The molecule has 1 aromatic heterocycles. The quantitative estimate of drug-likeness (QED) is 0.643. The van der Waals surface area contributed by atoms with Crippen LogP contribution in [0.15, 0.2) is 48.5 Å². The fourth-order valence-corrected chi connectivity index (χ4v) is 3.85. The van der Waals surface area contributed by atoms with Crippen molar-refractivity contribution in [2.24, 2.45) is 5.92 Å². The van der Waals surface area contributed by atoms with Crippen molar-refractivity contribution in [1.82, 2.24) is 15.3 Å². The second kappa shape index (κ2) is 9.24. The zero-order valence-corrected chi connectivity index (χ0v) is 17.2. The summed E-state index contributed by atoms with van der Waals surface area (Å²) in [5.41, 5.74) is 1.50. The number of carbonyl (C=O) groups excluding carboxylic acids is 1. The van der Waals surface area contributed by atoms with Gasteiger partial charge in [0.1, 0.15) is 11.6 Å². The number of rotatable bonds is 6. The third kappa shape index (κ3) is 4.73. The molecule has 2 aromatic carbocycles. The molecule has 1 saturated heterocycles. The molecule has 1 aliphatic rings. The number of carbonyl (C=O) groups is 1. The number of alkyl halides is 2. The summed E-state index contributed by atoms with van der Waals surface area (Å²) in [7, 11) is 1.61. The van der Waals surface area contributed by atoms with Gasteiger partial charge in [-0.3, -0.25) is 4.79 Å². The lowest BCUT2D eigenvalue weighted by Crippen LogP contribution is -2.40. The SMILES string of the molecule is COc1ccc(CNC(=O)C2CCN(c3nc(C(F)F)nc4ccccc34)CC2)cc1. The molecule has 6 nitrogen and oxygen atoms in total. The molecule has 0 aliphatic carbocycles. The van der Waals surface area contributed by atoms with Gasteiger partial charge in [0.15, 0.2) is 5.82 Å². The lowest BCUT2D eigenvalue weighted by atomic mass is 9.95. The molecule has 1 fully saturated rings. The number of anilines is 1. The van der Waals surface area contributed by atoms with Gasteiger partial charge in [0.05, 0.1) is 12.6 Å². The second-order valence-electron chi connectivity index (χ2n) is 7.55. The van der Waals surface area contributed by atoms with Crippen LogP contribution in [-0.2, 0) is 11.3 Å². The first kappa shape index (κ1) is 21.0. The molecule has 0 spiro atoms. The molecule has 0 radical (unpaired) electrons. The number of hydrogen-bond donors (Lipinski definition) is 1. The number of piperidine rings is 1. The van der Waals surface area contributed by atoms with E-state index in [1.165, 1.54) is 0 Å². The Morgan fingerprint density at radius 1 is 1.13 bits per heavy atom. The van der Waals surface area contributed by atoms with Gasteiger partial charge in [0, 0.05) is 30.9 Å². The highest BCUT2D eigenvalue weighted by Gasteiger charge is 2.27. The van der Waals surface area contributed by atoms with Crippen LogP contribution in [-0.4, -0.2) is 36.1 Å². The summed E-state index contributed by atoms with van der Waals surface area (Å²) in [6.07, 6.45) is -1.46. The Hall–Kier alpha value is -3.29. The summed E-state index contributed by atoms with van der Waals surface area (Å²) >= 11 is 0. The summed E-state index contributed by atoms with van der Waals surface area (Å²) in [6, 6.07) is 14.7. The number of halogens is 2. The summed E-state index contributed by atoms with van der Waals surface area (Å²) in [6.45, 7) is 1.60. The van der Waals surface area contributed by atoms with Gasteiger partial charge in [-0.05, 0) is 42.7 Å². The van der Waals surface area contributed by atoms with E-state index in [0.717, 1.165) is 16.7 Å². The average Bonchev–Trinajstić information content (AvgIpc) is 2.82. The first-order chi connectivity index (χ1) is 15.0. The summed E-state index contributed by atoms with van der Waals surface area (Å²) in [5, 5.41) is 3.74. The molecule has 0 unspecified atom stereocenters. The van der Waals surface area contributed by atoms with Gasteiger partial charge in [0.2, 0.25) is 5.91 Å². The maximum atomic E-state index is 13.3. The van der Waals surface area contributed by atoms with Crippen molar-refractivity contribution in [3.05, 3.63) is 59.9 Å². The van der Waals surface area contributed by atoms with Gasteiger partial charge < -0.3 is 15.0 Å². The van der Waals surface area contributed by atoms with Gasteiger partial charge in [-0.25, -0.2) is 18.7 Å². The Bertz CT molecular complexity index is 1050. The molecule has 0 bridgehead atoms. The molecule has 162 valence electrons. The van der Waals surface area contributed by atoms with Gasteiger partial charge >= 0.3 is 0 Å². The monoisotopic (exact) mass is 426 g/mol. The second-order valence-corrected chi connectivity index (χ2v) is 7.55. The topological polar surface area (TPSA) is 67.3 Å². The standard InChI is InChI=1S/C23H24F2N4O2/c1-31-17-8-6-15(7-9-17)14-26-23(30)16-10-12-29(13-11-16)22-18-4-2-3-5-19(18)27-21(28-22)20(24)25/h2-9,16,20H,10-14H2,1H3,(H,26,30). The molecule has 31 heavy (non-hydrogen) atoms. The third-order valence-electron chi connectivity index (χ3n) is 5.59. The number of fused-ring (bicyclic) bond motifs is 1. The summed E-state index contributed by atoms with van der Waals surface area (Å²) in [4.78, 5) is 22.7. The van der Waals surface area contributed by atoms with E-state index >= 15 is 0 Å². The van der Waals surface area contributed by atoms with Crippen LogP contribution < -0.4 is 15.0 Å². The smallest absolute Gasteiger partial charge is 0.297 e. The number of nitrogens with zero attached hydrogens (tertiary/aromatic N) is 3. The number of ether oxygens (including phenoxy) is 1. The highest BCUT2D eigenvalue weighted by Crippen LogP contribution is 2.30. The molecule has 0 saturated carbocycles. The molecule has 4 rings (SSSR count). The van der Waals surface area contributed by atoms with E-state index in [1.54, 1.807) is 19.2 Å². The predicted octanol–water partition coefficient (Wildman–Crippen LogP) is 4.11.